The number of nitrogens with zero attached hydrogens (tertiary/aromatic N) is 4. The van der Waals surface area contributed by atoms with E-state index in [4.69, 9.17) is 5.11 Å². The Morgan fingerprint density at radius 1 is 1.30 bits per heavy atom. The molecule has 2 aromatic rings. The van der Waals surface area contributed by atoms with E-state index in [1.165, 1.54) is 22.8 Å². The minimum absolute atomic E-state index is 0.102. The predicted molar refractivity (Wildman–Crippen MR) is 70.6 cm³/mol. The molecule has 20 heavy (non-hydrogen) atoms. The van der Waals surface area contributed by atoms with Crippen molar-refractivity contribution >= 4 is 11.9 Å². The zero-order valence-electron chi connectivity index (χ0n) is 10.9. The number of carbonyl (C=O) groups excluding carboxylic acids is 1. The van der Waals surface area contributed by atoms with Gasteiger partial charge in [-0.25, -0.2) is 4.68 Å². The fraction of sp³-hybridized carbons (Fsp3) is 0.231. The maximum absolute atomic E-state index is 12.0. The highest BCUT2D eigenvalue weighted by atomic mass is 16.4. The Labute approximate surface area is 115 Å². The maximum Gasteiger partial charge on any atom is 0.305 e. The Hall–Kier alpha value is -2.70. The van der Waals surface area contributed by atoms with Crippen molar-refractivity contribution in [2.75, 3.05) is 13.6 Å². The van der Waals surface area contributed by atoms with Gasteiger partial charge in [-0.05, 0) is 12.1 Å². The highest BCUT2D eigenvalue weighted by molar-refractivity contribution is 5.92. The summed E-state index contributed by atoms with van der Waals surface area (Å²) in [7, 11) is 1.53. The van der Waals surface area contributed by atoms with Crippen molar-refractivity contribution < 1.29 is 14.7 Å². The molecule has 0 saturated heterocycles. The smallest absolute Gasteiger partial charge is 0.305 e. The van der Waals surface area contributed by atoms with Crippen LogP contribution >= 0.6 is 0 Å². The van der Waals surface area contributed by atoms with Gasteiger partial charge in [0.1, 0.15) is 0 Å². The topological polar surface area (TPSA) is 88.3 Å². The van der Waals surface area contributed by atoms with Gasteiger partial charge in [-0.2, -0.15) is 0 Å². The minimum Gasteiger partial charge on any atom is -0.481 e. The van der Waals surface area contributed by atoms with Crippen LogP contribution in [0.3, 0.4) is 0 Å². The van der Waals surface area contributed by atoms with E-state index in [0.29, 0.717) is 0 Å². The summed E-state index contributed by atoms with van der Waals surface area (Å²) in [5, 5.41) is 16.3. The van der Waals surface area contributed by atoms with Gasteiger partial charge in [0.05, 0.1) is 18.3 Å². The van der Waals surface area contributed by atoms with E-state index in [9.17, 15) is 9.59 Å². The molecule has 1 N–H and O–H groups in total. The fourth-order valence-electron chi connectivity index (χ4n) is 1.63. The third kappa shape index (κ3) is 3.19. The van der Waals surface area contributed by atoms with Crippen molar-refractivity contribution in [3.8, 4) is 5.69 Å². The molecule has 0 atom stereocenters. The number of hydrogen-bond donors (Lipinski definition) is 1. The Bertz CT molecular complexity index is 609. The first kappa shape index (κ1) is 13.7. The highest BCUT2D eigenvalue weighted by Gasteiger charge is 2.16. The number of carboxylic acids is 1. The normalized spacial score (nSPS) is 10.2. The van der Waals surface area contributed by atoms with E-state index >= 15 is 0 Å². The summed E-state index contributed by atoms with van der Waals surface area (Å²) in [6, 6.07) is 9.29. The van der Waals surface area contributed by atoms with Gasteiger partial charge in [0.25, 0.3) is 5.91 Å². The number of aliphatic carboxylic acids is 1. The molecular weight excluding hydrogens is 260 g/mol. The number of para-hydroxylation sites is 1. The van der Waals surface area contributed by atoms with Gasteiger partial charge >= 0.3 is 5.97 Å². The lowest BCUT2D eigenvalue weighted by Gasteiger charge is -2.13. The number of amides is 1. The van der Waals surface area contributed by atoms with Crippen molar-refractivity contribution in [1.29, 1.82) is 0 Å². The van der Waals surface area contributed by atoms with Crippen molar-refractivity contribution in [2.45, 2.75) is 6.42 Å². The number of carbonyl (C=O) groups is 2. The number of aromatic nitrogens is 3. The SMILES string of the molecule is CN(CCC(=O)O)C(=O)c1cn(-c2ccccc2)nn1. The van der Waals surface area contributed by atoms with Crippen molar-refractivity contribution in [3.63, 3.8) is 0 Å². The second-order valence-corrected chi connectivity index (χ2v) is 4.25. The summed E-state index contributed by atoms with van der Waals surface area (Å²) >= 11 is 0. The minimum atomic E-state index is -0.947. The average molecular weight is 274 g/mol. The molecular formula is C13H14N4O3. The van der Waals surface area contributed by atoms with Gasteiger partial charge in [0.2, 0.25) is 0 Å². The third-order valence-corrected chi connectivity index (χ3v) is 2.74. The first-order valence-corrected chi connectivity index (χ1v) is 6.03. The van der Waals surface area contributed by atoms with Gasteiger partial charge in [-0.1, -0.05) is 23.4 Å². The van der Waals surface area contributed by atoms with Crippen LogP contribution < -0.4 is 0 Å². The van der Waals surface area contributed by atoms with Gasteiger partial charge in [0.15, 0.2) is 5.69 Å². The molecule has 104 valence electrons. The molecule has 7 nitrogen and oxygen atoms in total. The molecule has 0 aliphatic rings. The molecule has 1 heterocycles. The van der Waals surface area contributed by atoms with Gasteiger partial charge < -0.3 is 10.0 Å². The second-order valence-electron chi connectivity index (χ2n) is 4.25. The Morgan fingerprint density at radius 2 is 2.00 bits per heavy atom. The zero-order chi connectivity index (χ0) is 14.5. The van der Waals surface area contributed by atoms with E-state index in [-0.39, 0.29) is 24.6 Å². The van der Waals surface area contributed by atoms with Crippen LogP contribution in [0.2, 0.25) is 0 Å². The molecule has 1 amide bonds. The molecule has 0 spiro atoms. The van der Waals surface area contributed by atoms with Crippen LogP contribution in [0.1, 0.15) is 16.9 Å². The molecule has 7 heteroatoms. The van der Waals surface area contributed by atoms with Crippen molar-refractivity contribution in [1.82, 2.24) is 19.9 Å². The molecule has 0 saturated carbocycles. The monoisotopic (exact) mass is 274 g/mol. The quantitative estimate of drug-likeness (QED) is 0.871. The maximum atomic E-state index is 12.0. The van der Waals surface area contributed by atoms with Crippen LogP contribution in [0.25, 0.3) is 5.69 Å². The number of hydrogen-bond acceptors (Lipinski definition) is 4. The zero-order valence-corrected chi connectivity index (χ0v) is 10.9. The van der Waals surface area contributed by atoms with Crippen LogP contribution in [-0.2, 0) is 4.79 Å². The largest absolute Gasteiger partial charge is 0.481 e. The number of rotatable bonds is 5. The molecule has 0 fully saturated rings. The molecule has 1 aromatic heterocycles. The Morgan fingerprint density at radius 3 is 2.65 bits per heavy atom. The van der Waals surface area contributed by atoms with Gasteiger partial charge in [-0.15, -0.1) is 5.10 Å². The van der Waals surface area contributed by atoms with E-state index in [2.05, 4.69) is 10.3 Å². The summed E-state index contributed by atoms with van der Waals surface area (Å²) in [5.74, 6) is -1.30. The second kappa shape index (κ2) is 5.96. The standard InChI is InChI=1S/C13H14N4O3/c1-16(8-7-12(18)19)13(20)11-9-17(15-14-11)10-5-3-2-4-6-10/h2-6,9H,7-8H2,1H3,(H,18,19). The molecule has 0 aliphatic heterocycles. The lowest BCUT2D eigenvalue weighted by molar-refractivity contribution is -0.137. The Kier molecular flexibility index (Phi) is 4.09. The van der Waals surface area contributed by atoms with Crippen LogP contribution in [0.5, 0.6) is 0 Å². The van der Waals surface area contributed by atoms with E-state index in [1.807, 2.05) is 30.3 Å². The van der Waals surface area contributed by atoms with E-state index in [1.54, 1.807) is 0 Å². The molecule has 2 rings (SSSR count). The van der Waals surface area contributed by atoms with Crippen LogP contribution in [-0.4, -0.2) is 50.5 Å². The van der Waals surface area contributed by atoms with E-state index < -0.39 is 5.97 Å². The molecule has 0 unspecified atom stereocenters. The summed E-state index contributed by atoms with van der Waals surface area (Å²) in [5.41, 5.74) is 0.981. The van der Waals surface area contributed by atoms with Gasteiger partial charge in [-0.3, -0.25) is 9.59 Å². The summed E-state index contributed by atoms with van der Waals surface area (Å²) in [4.78, 5) is 23.8. The summed E-state index contributed by atoms with van der Waals surface area (Å²) in [6.45, 7) is 0.131. The predicted octanol–water partition coefficient (Wildman–Crippen LogP) is 0.814. The third-order valence-electron chi connectivity index (χ3n) is 2.74. The molecule has 0 bridgehead atoms. The average Bonchev–Trinajstić information content (AvgIpc) is 2.94. The van der Waals surface area contributed by atoms with Crippen molar-refractivity contribution in [2.24, 2.45) is 0 Å². The lowest BCUT2D eigenvalue weighted by atomic mass is 10.3. The number of carboxylic acid groups (broad SMARTS) is 1. The molecule has 0 radical (unpaired) electrons. The Balaban J connectivity index is 2.08. The van der Waals surface area contributed by atoms with E-state index in [0.717, 1.165) is 5.69 Å². The summed E-state index contributed by atoms with van der Waals surface area (Å²) < 4.78 is 1.50. The highest BCUT2D eigenvalue weighted by Crippen LogP contribution is 2.07. The number of benzene rings is 1. The van der Waals surface area contributed by atoms with Crippen LogP contribution in [0, 0.1) is 0 Å². The summed E-state index contributed by atoms with van der Waals surface area (Å²) in [6.07, 6.45) is 1.42. The lowest BCUT2D eigenvalue weighted by Crippen LogP contribution is -2.29. The van der Waals surface area contributed by atoms with Gasteiger partial charge in [0, 0.05) is 13.6 Å². The van der Waals surface area contributed by atoms with Crippen LogP contribution in [0.15, 0.2) is 36.5 Å². The first-order valence-electron chi connectivity index (χ1n) is 6.03. The van der Waals surface area contributed by atoms with Crippen LogP contribution in [0.4, 0.5) is 0 Å². The fourth-order valence-corrected chi connectivity index (χ4v) is 1.63. The van der Waals surface area contributed by atoms with Crippen molar-refractivity contribution in [3.05, 3.63) is 42.2 Å². The molecule has 0 aliphatic carbocycles. The first-order chi connectivity index (χ1) is 9.58. The molecule has 1 aromatic carbocycles.